The van der Waals surface area contributed by atoms with Gasteiger partial charge in [-0.05, 0) is 41.5 Å². The number of rotatable bonds is 4. The lowest BCUT2D eigenvalue weighted by atomic mass is 9.98. The van der Waals surface area contributed by atoms with Gasteiger partial charge in [-0.25, -0.2) is 0 Å². The summed E-state index contributed by atoms with van der Waals surface area (Å²) in [6.07, 6.45) is 0. The van der Waals surface area contributed by atoms with Crippen molar-refractivity contribution in [1.29, 1.82) is 0 Å². The van der Waals surface area contributed by atoms with E-state index >= 15 is 0 Å². The fourth-order valence-electron chi connectivity index (χ4n) is 4.06. The summed E-state index contributed by atoms with van der Waals surface area (Å²) in [7, 11) is 0. The van der Waals surface area contributed by atoms with Crippen LogP contribution in [0.5, 0.6) is 0 Å². The highest BCUT2D eigenvalue weighted by Gasteiger charge is 2.42. The predicted octanol–water partition coefficient (Wildman–Crippen LogP) is 5.10. The van der Waals surface area contributed by atoms with Gasteiger partial charge in [-0.2, -0.15) is 0 Å². The van der Waals surface area contributed by atoms with Crippen LogP contribution in [-0.4, -0.2) is 15.7 Å². The number of carbonyl (C=O) groups is 1. The molecule has 1 unspecified atom stereocenters. The molecule has 3 aromatic carbocycles. The molecule has 0 bridgehead atoms. The van der Waals surface area contributed by atoms with Crippen LogP contribution in [0, 0.1) is 10.1 Å². The van der Waals surface area contributed by atoms with Crippen LogP contribution in [0.25, 0.3) is 11.0 Å². The molecule has 8 heteroatoms. The molecule has 158 valence electrons. The molecule has 1 aliphatic heterocycles. The summed E-state index contributed by atoms with van der Waals surface area (Å²) in [5.41, 5.74) is 1.50. The number of hydrogen-bond donors (Lipinski definition) is 0. The predicted molar refractivity (Wildman–Crippen MR) is 119 cm³/mol. The number of fused-ring (bicyclic) bond motifs is 2. The Morgan fingerprint density at radius 1 is 1.00 bits per heavy atom. The summed E-state index contributed by atoms with van der Waals surface area (Å²) >= 11 is 6.08. The van der Waals surface area contributed by atoms with Crippen LogP contribution in [0.3, 0.4) is 0 Å². The molecule has 0 fully saturated rings. The number of hydrogen-bond acceptors (Lipinski definition) is 5. The molecule has 0 saturated heterocycles. The molecule has 1 aliphatic rings. The van der Waals surface area contributed by atoms with Crippen molar-refractivity contribution in [1.82, 2.24) is 4.90 Å². The zero-order valence-electron chi connectivity index (χ0n) is 16.5. The average Bonchev–Trinajstić information content (AvgIpc) is 3.07. The number of nitrogens with zero attached hydrogens (tertiary/aromatic N) is 2. The summed E-state index contributed by atoms with van der Waals surface area (Å²) in [5, 5.41) is 11.7. The third kappa shape index (κ3) is 3.23. The summed E-state index contributed by atoms with van der Waals surface area (Å²) < 4.78 is 5.88. The second-order valence-corrected chi connectivity index (χ2v) is 7.92. The maximum absolute atomic E-state index is 13.5. The van der Waals surface area contributed by atoms with Crippen molar-refractivity contribution < 1.29 is 14.1 Å². The number of benzene rings is 3. The molecular formula is C24H15ClN2O5. The Labute approximate surface area is 186 Å². The Morgan fingerprint density at radius 2 is 1.72 bits per heavy atom. The van der Waals surface area contributed by atoms with Gasteiger partial charge in [0.1, 0.15) is 5.58 Å². The summed E-state index contributed by atoms with van der Waals surface area (Å²) in [6, 6.07) is 19.1. The molecule has 1 aromatic heterocycles. The molecule has 1 atom stereocenters. The Morgan fingerprint density at radius 3 is 2.41 bits per heavy atom. The summed E-state index contributed by atoms with van der Waals surface area (Å²) in [5.74, 6) is -0.440. The van der Waals surface area contributed by atoms with Crippen molar-refractivity contribution in [2.45, 2.75) is 12.6 Å². The zero-order valence-corrected chi connectivity index (χ0v) is 17.3. The molecule has 0 radical (unpaired) electrons. The summed E-state index contributed by atoms with van der Waals surface area (Å²) in [6.45, 7) is 0.238. The van der Waals surface area contributed by atoms with E-state index in [2.05, 4.69) is 0 Å². The van der Waals surface area contributed by atoms with Crippen LogP contribution in [0.15, 0.2) is 82.0 Å². The molecule has 0 aliphatic carbocycles. The number of carbonyl (C=O) groups excluding carboxylic acids is 1. The first-order valence-electron chi connectivity index (χ1n) is 9.79. The molecule has 4 aromatic rings. The van der Waals surface area contributed by atoms with Crippen molar-refractivity contribution in [2.75, 3.05) is 0 Å². The Kier molecular flexibility index (Phi) is 4.75. The molecule has 1 amide bonds. The van der Waals surface area contributed by atoms with Crippen LogP contribution in [0.4, 0.5) is 5.69 Å². The van der Waals surface area contributed by atoms with Crippen molar-refractivity contribution in [3.8, 4) is 0 Å². The first-order chi connectivity index (χ1) is 15.4. The van der Waals surface area contributed by atoms with Gasteiger partial charge >= 0.3 is 0 Å². The van der Waals surface area contributed by atoms with Crippen LogP contribution in [0.1, 0.15) is 33.3 Å². The van der Waals surface area contributed by atoms with Gasteiger partial charge in [-0.1, -0.05) is 41.9 Å². The fourth-order valence-corrected chi connectivity index (χ4v) is 4.23. The first-order valence-corrected chi connectivity index (χ1v) is 10.2. The highest BCUT2D eigenvalue weighted by molar-refractivity contribution is 6.31. The molecular weight excluding hydrogens is 432 g/mol. The minimum Gasteiger partial charge on any atom is -0.450 e. The number of halogens is 1. The smallest absolute Gasteiger partial charge is 0.291 e. The van der Waals surface area contributed by atoms with E-state index in [1.807, 2.05) is 30.3 Å². The van der Waals surface area contributed by atoms with Crippen molar-refractivity contribution >= 4 is 34.2 Å². The van der Waals surface area contributed by atoms with E-state index in [0.29, 0.717) is 10.6 Å². The Balaban J connectivity index is 1.72. The van der Waals surface area contributed by atoms with E-state index in [-0.39, 0.29) is 40.0 Å². The van der Waals surface area contributed by atoms with Crippen molar-refractivity contribution in [3.05, 3.63) is 121 Å². The largest absolute Gasteiger partial charge is 0.450 e. The lowest BCUT2D eigenvalue weighted by molar-refractivity contribution is -0.384. The van der Waals surface area contributed by atoms with Gasteiger partial charge < -0.3 is 9.32 Å². The van der Waals surface area contributed by atoms with Crippen molar-refractivity contribution in [3.63, 3.8) is 0 Å². The Bertz CT molecular complexity index is 1430. The average molecular weight is 447 g/mol. The first kappa shape index (κ1) is 20.0. The van der Waals surface area contributed by atoms with E-state index in [4.69, 9.17) is 16.0 Å². The standard InChI is InChI=1S/C24H15ClN2O5/c25-16-8-11-19-18(12-16)22(28)20-21(15-6-9-17(10-7-15)27(30)31)26(24(29)23(20)32-19)13-14-4-2-1-3-5-14/h1-12,21H,13H2. The monoisotopic (exact) mass is 446 g/mol. The zero-order chi connectivity index (χ0) is 22.4. The molecule has 5 rings (SSSR count). The normalized spacial score (nSPS) is 15.2. The van der Waals surface area contributed by atoms with Crippen LogP contribution >= 0.6 is 11.6 Å². The van der Waals surface area contributed by atoms with Crippen molar-refractivity contribution in [2.24, 2.45) is 0 Å². The third-order valence-corrected chi connectivity index (χ3v) is 5.78. The number of non-ortho nitro benzene ring substituents is 1. The van der Waals surface area contributed by atoms with Gasteiger partial charge in [-0.3, -0.25) is 19.7 Å². The second kappa shape index (κ2) is 7.62. The van der Waals surface area contributed by atoms with E-state index in [9.17, 15) is 19.7 Å². The maximum atomic E-state index is 13.5. The number of amides is 1. The van der Waals surface area contributed by atoms with E-state index in [0.717, 1.165) is 5.56 Å². The topological polar surface area (TPSA) is 93.7 Å². The molecule has 7 nitrogen and oxygen atoms in total. The van der Waals surface area contributed by atoms with Crippen LogP contribution < -0.4 is 5.43 Å². The highest BCUT2D eigenvalue weighted by atomic mass is 35.5. The Hall–Kier alpha value is -3.97. The lowest BCUT2D eigenvalue weighted by Gasteiger charge is -2.25. The highest BCUT2D eigenvalue weighted by Crippen LogP contribution is 2.39. The lowest BCUT2D eigenvalue weighted by Crippen LogP contribution is -2.29. The molecule has 0 spiro atoms. The SMILES string of the molecule is O=C1c2oc3ccc(Cl)cc3c(=O)c2C(c2ccc([N+](=O)[O-])cc2)N1Cc1ccccc1. The van der Waals surface area contributed by atoms with Crippen LogP contribution in [-0.2, 0) is 6.54 Å². The minimum atomic E-state index is -0.752. The fraction of sp³-hybridized carbons (Fsp3) is 0.0833. The summed E-state index contributed by atoms with van der Waals surface area (Å²) in [4.78, 5) is 39.0. The van der Waals surface area contributed by atoms with E-state index < -0.39 is 16.9 Å². The van der Waals surface area contributed by atoms with Gasteiger partial charge in [0.15, 0.2) is 5.43 Å². The third-order valence-electron chi connectivity index (χ3n) is 5.54. The quantitative estimate of drug-likeness (QED) is 0.321. The number of nitro benzene ring substituents is 1. The molecule has 32 heavy (non-hydrogen) atoms. The molecule has 0 N–H and O–H groups in total. The van der Waals surface area contributed by atoms with Gasteiger partial charge in [0.25, 0.3) is 11.6 Å². The van der Waals surface area contributed by atoms with Crippen LogP contribution in [0.2, 0.25) is 5.02 Å². The second-order valence-electron chi connectivity index (χ2n) is 7.48. The maximum Gasteiger partial charge on any atom is 0.291 e. The number of nitro groups is 1. The van der Waals surface area contributed by atoms with E-state index in [1.54, 1.807) is 29.2 Å². The molecule has 0 saturated carbocycles. The van der Waals surface area contributed by atoms with Gasteiger partial charge in [0, 0.05) is 23.7 Å². The molecule has 2 heterocycles. The van der Waals surface area contributed by atoms with E-state index in [1.165, 1.54) is 18.2 Å². The van der Waals surface area contributed by atoms with Gasteiger partial charge in [0.05, 0.1) is 21.9 Å². The van der Waals surface area contributed by atoms with Gasteiger partial charge in [0.2, 0.25) is 5.76 Å². The van der Waals surface area contributed by atoms with Gasteiger partial charge in [-0.15, -0.1) is 0 Å². The minimum absolute atomic E-state index is 0.0240.